The first-order valence-electron chi connectivity index (χ1n) is 12.5. The van der Waals surface area contributed by atoms with Gasteiger partial charge in [0.2, 0.25) is 5.91 Å². The number of nitrogens with one attached hydrogen (secondary N) is 1. The van der Waals surface area contributed by atoms with Crippen LogP contribution < -0.4 is 5.32 Å². The maximum atomic E-state index is 13.1. The van der Waals surface area contributed by atoms with E-state index in [0.717, 1.165) is 45.4 Å². The van der Waals surface area contributed by atoms with Gasteiger partial charge in [-0.15, -0.1) is 0 Å². The van der Waals surface area contributed by atoms with E-state index in [1.807, 2.05) is 79.7 Å². The minimum absolute atomic E-state index is 0.0533. The molecule has 0 radical (unpaired) electrons. The van der Waals surface area contributed by atoms with Gasteiger partial charge in [-0.1, -0.05) is 111 Å². The Bertz CT molecular complexity index is 1300. The van der Waals surface area contributed by atoms with Crippen molar-refractivity contribution in [1.82, 2.24) is 0 Å². The lowest BCUT2D eigenvalue weighted by atomic mass is 9.88. The maximum absolute atomic E-state index is 13.1. The molecule has 3 nitrogen and oxygen atoms in total. The van der Waals surface area contributed by atoms with Gasteiger partial charge in [0.1, 0.15) is 6.29 Å². The fraction of sp³-hybridized carbons (Fsp3) is 0.250. The lowest BCUT2D eigenvalue weighted by Crippen LogP contribution is -2.20. The second kappa shape index (κ2) is 11.6. The molecule has 178 valence electrons. The normalized spacial score (nSPS) is 13.8. The van der Waals surface area contributed by atoms with Crippen LogP contribution in [-0.4, -0.2) is 12.2 Å². The Morgan fingerprint density at radius 2 is 1.51 bits per heavy atom. The van der Waals surface area contributed by atoms with Crippen LogP contribution in [0.4, 0.5) is 5.69 Å². The zero-order chi connectivity index (χ0) is 24.6. The molecule has 1 aliphatic rings. The van der Waals surface area contributed by atoms with Crippen molar-refractivity contribution in [3.63, 3.8) is 0 Å². The summed E-state index contributed by atoms with van der Waals surface area (Å²) in [6.45, 7) is 4.24. The molecule has 0 bridgehead atoms. The van der Waals surface area contributed by atoms with Crippen molar-refractivity contribution in [3.8, 4) is 0 Å². The number of fused-ring (bicyclic) bond motifs is 1. The van der Waals surface area contributed by atoms with E-state index in [9.17, 15) is 9.59 Å². The van der Waals surface area contributed by atoms with Gasteiger partial charge in [0, 0.05) is 17.7 Å². The Labute approximate surface area is 208 Å². The second-order valence-corrected chi connectivity index (χ2v) is 9.47. The van der Waals surface area contributed by atoms with Crippen molar-refractivity contribution in [2.45, 2.75) is 45.4 Å². The lowest BCUT2D eigenvalue weighted by Gasteiger charge is -2.18. The zero-order valence-corrected chi connectivity index (χ0v) is 20.5. The van der Waals surface area contributed by atoms with Crippen LogP contribution in [0.2, 0.25) is 0 Å². The number of hydrogen-bond acceptors (Lipinski definition) is 2. The van der Waals surface area contributed by atoms with Crippen molar-refractivity contribution < 1.29 is 9.59 Å². The first-order valence-corrected chi connectivity index (χ1v) is 12.5. The standard InChI is InChI=1S/C27H23NO2.C5H10/c1-19(24-15-8-13-20-9-4-6-14-25(20)24)27(30)28-26-16-7-5-11-22(26)17-21-10-2-3-12-23(21)18-29;1-5-3-2-4-5/h2-16,18-19H,17H2,1H3,(H,28,30);5H,2-4H2,1H3. The number of carbonyl (C=O) groups is 2. The van der Waals surface area contributed by atoms with Crippen LogP contribution in [-0.2, 0) is 11.2 Å². The summed E-state index contributed by atoms with van der Waals surface area (Å²) in [5, 5.41) is 5.32. The van der Waals surface area contributed by atoms with Crippen molar-refractivity contribution >= 4 is 28.7 Å². The largest absolute Gasteiger partial charge is 0.325 e. The van der Waals surface area contributed by atoms with E-state index in [2.05, 4.69) is 30.4 Å². The highest BCUT2D eigenvalue weighted by atomic mass is 16.1. The summed E-state index contributed by atoms with van der Waals surface area (Å²) in [4.78, 5) is 24.5. The van der Waals surface area contributed by atoms with Crippen molar-refractivity contribution in [2.24, 2.45) is 5.92 Å². The van der Waals surface area contributed by atoms with Crippen LogP contribution in [0.5, 0.6) is 0 Å². The van der Waals surface area contributed by atoms with Gasteiger partial charge in [-0.05, 0) is 46.4 Å². The topological polar surface area (TPSA) is 46.2 Å². The number of amides is 1. The third-order valence-electron chi connectivity index (χ3n) is 6.92. The Morgan fingerprint density at radius 1 is 0.886 bits per heavy atom. The molecule has 1 amide bonds. The molecule has 1 fully saturated rings. The molecule has 1 unspecified atom stereocenters. The number of aldehydes is 1. The van der Waals surface area contributed by atoms with Crippen LogP contribution in [0.15, 0.2) is 91.0 Å². The number of carbonyl (C=O) groups excluding carboxylic acids is 2. The molecule has 1 saturated carbocycles. The van der Waals surface area contributed by atoms with Crippen molar-refractivity contribution in [2.75, 3.05) is 5.32 Å². The summed E-state index contributed by atoms with van der Waals surface area (Å²) >= 11 is 0. The second-order valence-electron chi connectivity index (χ2n) is 9.47. The molecule has 1 atom stereocenters. The fourth-order valence-corrected chi connectivity index (χ4v) is 4.43. The minimum atomic E-state index is -0.300. The number of para-hydroxylation sites is 1. The van der Waals surface area contributed by atoms with Crippen molar-refractivity contribution in [1.29, 1.82) is 0 Å². The Morgan fingerprint density at radius 3 is 2.23 bits per heavy atom. The highest BCUT2D eigenvalue weighted by molar-refractivity contribution is 5.99. The number of rotatable bonds is 6. The highest BCUT2D eigenvalue weighted by Gasteiger charge is 2.19. The third kappa shape index (κ3) is 6.05. The molecular weight excluding hydrogens is 430 g/mol. The van der Waals surface area contributed by atoms with E-state index < -0.39 is 0 Å². The van der Waals surface area contributed by atoms with Gasteiger partial charge in [0.25, 0.3) is 0 Å². The Hall–Kier alpha value is -3.72. The number of benzene rings is 4. The maximum Gasteiger partial charge on any atom is 0.231 e. The summed E-state index contributed by atoms with van der Waals surface area (Å²) in [6.07, 6.45) is 5.91. The van der Waals surface area contributed by atoms with Crippen LogP contribution in [0.1, 0.15) is 66.1 Å². The van der Waals surface area contributed by atoms with Gasteiger partial charge in [-0.25, -0.2) is 0 Å². The quantitative estimate of drug-likeness (QED) is 0.297. The highest BCUT2D eigenvalue weighted by Crippen LogP contribution is 2.28. The van der Waals surface area contributed by atoms with E-state index in [0.29, 0.717) is 12.0 Å². The minimum Gasteiger partial charge on any atom is -0.325 e. The SMILES string of the molecule is CC(C(=O)Nc1ccccc1Cc1ccccc1C=O)c1cccc2ccccc12.CC1CCC1. The van der Waals surface area contributed by atoms with Gasteiger partial charge in [0.15, 0.2) is 0 Å². The predicted molar refractivity (Wildman–Crippen MR) is 145 cm³/mol. The molecule has 0 aliphatic heterocycles. The van der Waals surface area contributed by atoms with Crippen molar-refractivity contribution in [3.05, 3.63) is 113 Å². The van der Waals surface area contributed by atoms with E-state index in [-0.39, 0.29) is 11.8 Å². The van der Waals surface area contributed by atoms with E-state index in [4.69, 9.17) is 0 Å². The smallest absolute Gasteiger partial charge is 0.231 e. The Balaban J connectivity index is 0.000000514. The van der Waals surface area contributed by atoms with Crippen LogP contribution in [0.25, 0.3) is 10.8 Å². The molecule has 35 heavy (non-hydrogen) atoms. The van der Waals surface area contributed by atoms with Gasteiger partial charge < -0.3 is 5.32 Å². The number of anilines is 1. The summed E-state index contributed by atoms with van der Waals surface area (Å²) < 4.78 is 0. The molecule has 5 rings (SSSR count). The molecular formula is C32H33NO2. The number of hydrogen-bond donors (Lipinski definition) is 1. The molecule has 4 aromatic carbocycles. The average molecular weight is 464 g/mol. The fourth-order valence-electron chi connectivity index (χ4n) is 4.43. The molecule has 3 heteroatoms. The van der Waals surface area contributed by atoms with E-state index in [1.54, 1.807) is 0 Å². The molecule has 4 aromatic rings. The molecule has 0 heterocycles. The lowest BCUT2D eigenvalue weighted by molar-refractivity contribution is -0.117. The summed E-state index contributed by atoms with van der Waals surface area (Å²) in [5.74, 6) is 0.712. The molecule has 0 spiro atoms. The van der Waals surface area contributed by atoms with Gasteiger partial charge in [-0.3, -0.25) is 9.59 Å². The molecule has 1 aliphatic carbocycles. The van der Waals surface area contributed by atoms with Crippen LogP contribution >= 0.6 is 0 Å². The monoisotopic (exact) mass is 463 g/mol. The first kappa shape index (κ1) is 24.4. The van der Waals surface area contributed by atoms with E-state index >= 15 is 0 Å². The first-order chi connectivity index (χ1) is 17.1. The summed E-state index contributed by atoms with van der Waals surface area (Å²) in [7, 11) is 0. The van der Waals surface area contributed by atoms with Crippen LogP contribution in [0, 0.1) is 5.92 Å². The average Bonchev–Trinajstić information content (AvgIpc) is 2.88. The Kier molecular flexibility index (Phi) is 8.10. The molecule has 0 saturated heterocycles. The summed E-state index contributed by atoms with van der Waals surface area (Å²) in [5.41, 5.74) is 4.37. The third-order valence-corrected chi connectivity index (χ3v) is 6.92. The molecule has 1 N–H and O–H groups in total. The van der Waals surface area contributed by atoms with E-state index in [1.165, 1.54) is 19.3 Å². The van der Waals surface area contributed by atoms with Gasteiger partial charge >= 0.3 is 0 Å². The van der Waals surface area contributed by atoms with Gasteiger partial charge in [0.05, 0.1) is 5.92 Å². The van der Waals surface area contributed by atoms with Gasteiger partial charge in [-0.2, -0.15) is 0 Å². The predicted octanol–water partition coefficient (Wildman–Crippen LogP) is 7.79. The zero-order valence-electron chi connectivity index (χ0n) is 20.5. The summed E-state index contributed by atoms with van der Waals surface area (Å²) in [6, 6.07) is 29.5. The molecule has 0 aromatic heterocycles. The van der Waals surface area contributed by atoms with Crippen LogP contribution in [0.3, 0.4) is 0 Å².